The molecule has 1 aromatic carbocycles. The van der Waals surface area contributed by atoms with Gasteiger partial charge in [-0.25, -0.2) is 4.98 Å². The molecule has 3 aromatic rings. The molecular formula is C20H26N5O2S+. The number of hydrogen-bond donors (Lipinski definition) is 2. The largest absolute Gasteiger partial charge is 0.493 e. The van der Waals surface area contributed by atoms with Crippen LogP contribution in [-0.2, 0) is 17.8 Å². The fourth-order valence-corrected chi connectivity index (χ4v) is 3.99. The van der Waals surface area contributed by atoms with E-state index < -0.39 is 0 Å². The van der Waals surface area contributed by atoms with Gasteiger partial charge < -0.3 is 14.6 Å². The number of rotatable bonds is 8. The Labute approximate surface area is 168 Å². The number of thiazole rings is 1. The second-order valence-corrected chi connectivity index (χ2v) is 7.64. The van der Waals surface area contributed by atoms with Crippen molar-refractivity contribution >= 4 is 33.8 Å². The van der Waals surface area contributed by atoms with E-state index in [4.69, 9.17) is 0 Å². The van der Waals surface area contributed by atoms with Gasteiger partial charge in [0.05, 0.1) is 38.1 Å². The summed E-state index contributed by atoms with van der Waals surface area (Å²) in [7, 11) is 0. The number of nitrogens with one attached hydrogen (secondary N) is 1. The summed E-state index contributed by atoms with van der Waals surface area (Å²) >= 11 is 1.43. The van der Waals surface area contributed by atoms with Crippen molar-refractivity contribution in [1.29, 1.82) is 0 Å². The summed E-state index contributed by atoms with van der Waals surface area (Å²) in [5.74, 6) is -0.326. The van der Waals surface area contributed by atoms with Gasteiger partial charge in [0.2, 0.25) is 5.88 Å². The lowest BCUT2D eigenvalue weighted by Gasteiger charge is -2.16. The van der Waals surface area contributed by atoms with Gasteiger partial charge in [0.25, 0.3) is 5.91 Å². The Morgan fingerprint density at radius 3 is 2.71 bits per heavy atom. The fourth-order valence-electron chi connectivity index (χ4n) is 3.22. The highest BCUT2D eigenvalue weighted by atomic mass is 32.1. The zero-order chi connectivity index (χ0) is 20.1. The van der Waals surface area contributed by atoms with Gasteiger partial charge in [0.15, 0.2) is 5.69 Å². The first-order valence-electron chi connectivity index (χ1n) is 9.52. The van der Waals surface area contributed by atoms with E-state index in [-0.39, 0.29) is 18.2 Å². The number of aromatic hydroxyl groups is 1. The van der Waals surface area contributed by atoms with Gasteiger partial charge in [-0.2, -0.15) is 0 Å². The SMILES string of the molecule is CC[NH+](CC)CCn1c(O)c(N=NC(=O)Cc2nc(C)cs2)c2ccccc21. The summed E-state index contributed by atoms with van der Waals surface area (Å²) in [6.45, 7) is 9.84. The van der Waals surface area contributed by atoms with Crippen molar-refractivity contribution in [2.45, 2.75) is 33.7 Å². The summed E-state index contributed by atoms with van der Waals surface area (Å²) < 4.78 is 1.85. The highest BCUT2D eigenvalue weighted by Crippen LogP contribution is 2.38. The van der Waals surface area contributed by atoms with Crippen molar-refractivity contribution in [2.75, 3.05) is 19.6 Å². The third-order valence-corrected chi connectivity index (χ3v) is 5.80. The predicted molar refractivity (Wildman–Crippen MR) is 111 cm³/mol. The monoisotopic (exact) mass is 400 g/mol. The Balaban J connectivity index is 1.84. The normalized spacial score (nSPS) is 11.9. The van der Waals surface area contributed by atoms with E-state index in [2.05, 4.69) is 29.1 Å². The van der Waals surface area contributed by atoms with Crippen molar-refractivity contribution < 1.29 is 14.8 Å². The molecular weight excluding hydrogens is 374 g/mol. The number of aromatic nitrogens is 2. The van der Waals surface area contributed by atoms with Crippen LogP contribution < -0.4 is 4.90 Å². The minimum Gasteiger partial charge on any atom is -0.493 e. The lowest BCUT2D eigenvalue weighted by molar-refractivity contribution is -0.897. The number of fused-ring (bicyclic) bond motifs is 1. The summed E-state index contributed by atoms with van der Waals surface area (Å²) in [6.07, 6.45) is 0.118. The van der Waals surface area contributed by atoms with Gasteiger partial charge in [-0.05, 0) is 26.8 Å². The average molecular weight is 401 g/mol. The topological polar surface area (TPSA) is 84.3 Å². The number of hydrogen-bond acceptors (Lipinski definition) is 5. The molecule has 148 valence electrons. The molecule has 28 heavy (non-hydrogen) atoms. The Bertz CT molecular complexity index is 988. The second kappa shape index (κ2) is 9.07. The predicted octanol–water partition coefficient (Wildman–Crippen LogP) is 2.89. The third kappa shape index (κ3) is 4.45. The molecule has 0 saturated carbocycles. The van der Waals surface area contributed by atoms with Crippen LogP contribution in [0.2, 0.25) is 0 Å². The molecule has 0 atom stereocenters. The number of carbonyl (C=O) groups is 1. The van der Waals surface area contributed by atoms with Crippen molar-refractivity contribution in [2.24, 2.45) is 10.2 Å². The molecule has 2 aromatic heterocycles. The van der Waals surface area contributed by atoms with Gasteiger partial charge in [-0.1, -0.05) is 18.2 Å². The van der Waals surface area contributed by atoms with Crippen molar-refractivity contribution in [3.63, 3.8) is 0 Å². The number of quaternary nitrogens is 1. The number of azo groups is 1. The molecule has 1 amide bonds. The summed E-state index contributed by atoms with van der Waals surface area (Å²) in [5.41, 5.74) is 2.12. The van der Waals surface area contributed by atoms with E-state index in [1.54, 1.807) is 0 Å². The van der Waals surface area contributed by atoms with Gasteiger partial charge in [0.1, 0.15) is 5.01 Å². The Morgan fingerprint density at radius 1 is 1.29 bits per heavy atom. The maximum atomic E-state index is 12.2. The Morgan fingerprint density at radius 2 is 2.04 bits per heavy atom. The van der Waals surface area contributed by atoms with Crippen LogP contribution in [0, 0.1) is 6.92 Å². The molecule has 0 unspecified atom stereocenters. The number of para-hydroxylation sites is 1. The number of likely N-dealkylation sites (N-methyl/N-ethyl adjacent to an activating group) is 1. The van der Waals surface area contributed by atoms with E-state index in [1.807, 2.05) is 41.1 Å². The standard InChI is InChI=1S/C20H25N5O2S/c1-4-24(5-2)10-11-25-16-9-7-6-8-15(16)19(20(25)27)23-22-17(26)12-18-21-14(3)13-28-18/h6-9,13,27H,4-5,10-12H2,1-3H3/p+1. The van der Waals surface area contributed by atoms with Crippen LogP contribution in [-0.4, -0.2) is 40.2 Å². The molecule has 2 N–H and O–H groups in total. The van der Waals surface area contributed by atoms with E-state index in [0.717, 1.165) is 41.2 Å². The van der Waals surface area contributed by atoms with Crippen LogP contribution in [0.25, 0.3) is 10.9 Å². The van der Waals surface area contributed by atoms with Crippen LogP contribution in [0.5, 0.6) is 5.88 Å². The second-order valence-electron chi connectivity index (χ2n) is 6.70. The molecule has 0 radical (unpaired) electrons. The number of amides is 1. The Kier molecular flexibility index (Phi) is 6.53. The minimum atomic E-state index is -0.377. The fraction of sp³-hybridized carbons (Fsp3) is 0.400. The van der Waals surface area contributed by atoms with Crippen molar-refractivity contribution in [3.05, 3.63) is 40.3 Å². The summed E-state index contributed by atoms with van der Waals surface area (Å²) in [6, 6.07) is 7.66. The summed E-state index contributed by atoms with van der Waals surface area (Å²) in [4.78, 5) is 17.9. The molecule has 0 fully saturated rings. The van der Waals surface area contributed by atoms with Crippen LogP contribution in [0.15, 0.2) is 39.9 Å². The van der Waals surface area contributed by atoms with Gasteiger partial charge >= 0.3 is 0 Å². The summed E-state index contributed by atoms with van der Waals surface area (Å²) in [5, 5.41) is 22.1. The molecule has 0 aliphatic heterocycles. The quantitative estimate of drug-likeness (QED) is 0.570. The molecule has 3 rings (SSSR count). The van der Waals surface area contributed by atoms with E-state index in [1.165, 1.54) is 16.2 Å². The van der Waals surface area contributed by atoms with Crippen molar-refractivity contribution in [1.82, 2.24) is 9.55 Å². The van der Waals surface area contributed by atoms with Gasteiger partial charge in [-0.15, -0.1) is 21.6 Å². The van der Waals surface area contributed by atoms with Gasteiger partial charge in [0, 0.05) is 16.5 Å². The van der Waals surface area contributed by atoms with E-state index >= 15 is 0 Å². The molecule has 7 nitrogen and oxygen atoms in total. The number of benzene rings is 1. The molecule has 0 aliphatic rings. The first-order valence-corrected chi connectivity index (χ1v) is 10.4. The number of aryl methyl sites for hydroxylation is 1. The maximum absolute atomic E-state index is 12.2. The van der Waals surface area contributed by atoms with E-state index in [9.17, 15) is 9.90 Å². The van der Waals surface area contributed by atoms with Crippen LogP contribution >= 0.6 is 11.3 Å². The molecule has 8 heteroatoms. The number of carbonyl (C=O) groups excluding carboxylic acids is 1. The smallest absolute Gasteiger partial charge is 0.271 e. The highest BCUT2D eigenvalue weighted by Gasteiger charge is 2.18. The average Bonchev–Trinajstić information content (AvgIpc) is 3.21. The zero-order valence-electron chi connectivity index (χ0n) is 16.5. The Hall–Kier alpha value is -2.58. The molecule has 0 bridgehead atoms. The zero-order valence-corrected chi connectivity index (χ0v) is 17.3. The third-order valence-electron chi connectivity index (χ3n) is 4.84. The number of nitrogens with zero attached hydrogens (tertiary/aromatic N) is 4. The van der Waals surface area contributed by atoms with Crippen molar-refractivity contribution in [3.8, 4) is 5.88 Å². The molecule has 0 saturated heterocycles. The lowest BCUT2D eigenvalue weighted by Crippen LogP contribution is -3.11. The first kappa shape index (κ1) is 20.2. The first-order chi connectivity index (χ1) is 13.5. The van der Waals surface area contributed by atoms with Crippen LogP contribution in [0.3, 0.4) is 0 Å². The highest BCUT2D eigenvalue weighted by molar-refractivity contribution is 7.09. The molecule has 0 aliphatic carbocycles. The van der Waals surface area contributed by atoms with E-state index in [0.29, 0.717) is 12.2 Å². The van der Waals surface area contributed by atoms with Gasteiger partial charge in [-0.3, -0.25) is 4.79 Å². The maximum Gasteiger partial charge on any atom is 0.271 e. The van der Waals surface area contributed by atoms with Crippen LogP contribution in [0.1, 0.15) is 24.5 Å². The lowest BCUT2D eigenvalue weighted by atomic mass is 10.2. The van der Waals surface area contributed by atoms with Crippen LogP contribution in [0.4, 0.5) is 5.69 Å². The molecule has 2 heterocycles. The minimum absolute atomic E-state index is 0.0504. The molecule has 0 spiro atoms.